The number of esters is 1. The molecule has 2 aromatic carbocycles. The van der Waals surface area contributed by atoms with Crippen molar-refractivity contribution in [2.45, 2.75) is 38.2 Å². The molecule has 0 saturated heterocycles. The molecule has 3 aromatic rings. The number of aryl methyl sites for hydroxylation is 2. The van der Waals surface area contributed by atoms with Crippen molar-refractivity contribution in [3.63, 3.8) is 0 Å². The molecule has 240 valence electrons. The molecule has 0 aliphatic rings. The summed E-state index contributed by atoms with van der Waals surface area (Å²) in [4.78, 5) is 30.4. The highest BCUT2D eigenvalue weighted by Crippen LogP contribution is 2.22. The second-order valence-corrected chi connectivity index (χ2v) is 11.0. The van der Waals surface area contributed by atoms with Crippen molar-refractivity contribution < 1.29 is 46.5 Å². The Labute approximate surface area is 253 Å². The van der Waals surface area contributed by atoms with E-state index in [9.17, 15) is 23.3 Å². The normalized spacial score (nSPS) is 11.5. The van der Waals surface area contributed by atoms with Crippen LogP contribution in [0.5, 0.6) is 0 Å². The standard InChI is InChI=1S/C27H34FN5O10S/c1-19-3-4-20(2)21(15-19)16-26-30-25(31-32(26)24-6-5-22(17-23(24)28)44(29,37)38)18-42-27(34)7-8-39-9-10-40-11-12-41-13-14-43-33(35)36/h3-6,15,17H,7-14,16,18H2,1-2H3,(H2,29,37,38). The quantitative estimate of drug-likeness (QED) is 0.0867. The number of hydrogen-bond donors (Lipinski definition) is 1. The third-order valence-electron chi connectivity index (χ3n) is 6.03. The molecule has 15 nitrogen and oxygen atoms in total. The van der Waals surface area contributed by atoms with Crippen LogP contribution in [-0.2, 0) is 51.6 Å². The Morgan fingerprint density at radius 2 is 1.66 bits per heavy atom. The number of carbonyl (C=O) groups excluding carboxylic acids is 1. The molecule has 17 heteroatoms. The zero-order valence-electron chi connectivity index (χ0n) is 24.3. The Morgan fingerprint density at radius 1 is 1.00 bits per heavy atom. The van der Waals surface area contributed by atoms with Gasteiger partial charge in [0.05, 0.1) is 51.0 Å². The van der Waals surface area contributed by atoms with Crippen molar-refractivity contribution in [3.8, 4) is 5.69 Å². The van der Waals surface area contributed by atoms with Crippen molar-refractivity contribution in [1.29, 1.82) is 0 Å². The van der Waals surface area contributed by atoms with Gasteiger partial charge in [-0.3, -0.25) is 4.79 Å². The van der Waals surface area contributed by atoms with E-state index in [1.807, 2.05) is 32.0 Å². The van der Waals surface area contributed by atoms with Gasteiger partial charge < -0.3 is 23.8 Å². The summed E-state index contributed by atoms with van der Waals surface area (Å²) in [6.45, 7) is 4.56. The van der Waals surface area contributed by atoms with Crippen molar-refractivity contribution in [3.05, 3.63) is 80.7 Å². The average molecular weight is 640 g/mol. The highest BCUT2D eigenvalue weighted by molar-refractivity contribution is 7.89. The summed E-state index contributed by atoms with van der Waals surface area (Å²) in [5.41, 5.74) is 2.89. The predicted molar refractivity (Wildman–Crippen MR) is 151 cm³/mol. The molecule has 0 atom stereocenters. The number of rotatable bonds is 19. The van der Waals surface area contributed by atoms with Gasteiger partial charge in [-0.15, -0.1) is 15.2 Å². The maximum atomic E-state index is 15.1. The summed E-state index contributed by atoms with van der Waals surface area (Å²) in [6.07, 6.45) is 0.238. The molecular weight excluding hydrogens is 605 g/mol. The number of ether oxygens (including phenoxy) is 4. The van der Waals surface area contributed by atoms with Gasteiger partial charge in [-0.05, 0) is 43.2 Å². The molecule has 0 aliphatic carbocycles. The molecular formula is C27H34FN5O10S. The van der Waals surface area contributed by atoms with Crippen molar-refractivity contribution in [2.24, 2.45) is 5.14 Å². The number of hydrogen-bond acceptors (Lipinski definition) is 12. The van der Waals surface area contributed by atoms with E-state index >= 15 is 4.39 Å². The van der Waals surface area contributed by atoms with Gasteiger partial charge >= 0.3 is 5.97 Å². The van der Waals surface area contributed by atoms with Gasteiger partial charge in [0.2, 0.25) is 10.0 Å². The molecule has 1 heterocycles. The lowest BCUT2D eigenvalue weighted by atomic mass is 10.0. The number of nitrogens with zero attached hydrogens (tertiary/aromatic N) is 4. The Balaban J connectivity index is 1.53. The second kappa shape index (κ2) is 16.7. The molecule has 0 amide bonds. The monoisotopic (exact) mass is 639 g/mol. The molecule has 3 rings (SSSR count). The Morgan fingerprint density at radius 3 is 2.30 bits per heavy atom. The van der Waals surface area contributed by atoms with Crippen LogP contribution in [0.25, 0.3) is 5.69 Å². The minimum atomic E-state index is -4.11. The van der Waals surface area contributed by atoms with Crippen LogP contribution < -0.4 is 5.14 Å². The van der Waals surface area contributed by atoms with Gasteiger partial charge in [0.25, 0.3) is 5.09 Å². The van der Waals surface area contributed by atoms with E-state index in [0.717, 1.165) is 22.8 Å². The van der Waals surface area contributed by atoms with E-state index in [1.54, 1.807) is 0 Å². The number of halogens is 1. The predicted octanol–water partition coefficient (Wildman–Crippen LogP) is 1.95. The molecule has 1 aromatic heterocycles. The summed E-state index contributed by atoms with van der Waals surface area (Å²) in [5, 5.41) is 18.6. The van der Waals surface area contributed by atoms with Crippen LogP contribution >= 0.6 is 0 Å². The lowest BCUT2D eigenvalue weighted by Crippen LogP contribution is -2.14. The topological polar surface area (TPSA) is 197 Å². The van der Waals surface area contributed by atoms with Crippen molar-refractivity contribution in [1.82, 2.24) is 14.8 Å². The number of primary sulfonamides is 1. The highest BCUT2D eigenvalue weighted by Gasteiger charge is 2.19. The molecule has 44 heavy (non-hydrogen) atoms. The summed E-state index contributed by atoms with van der Waals surface area (Å²) >= 11 is 0. The third kappa shape index (κ3) is 11.2. The second-order valence-electron chi connectivity index (χ2n) is 9.43. The third-order valence-corrected chi connectivity index (χ3v) is 6.94. The van der Waals surface area contributed by atoms with Crippen LogP contribution in [0, 0.1) is 29.8 Å². The SMILES string of the molecule is Cc1ccc(C)c(Cc2nc(COC(=O)CCOCCOCCOCCO[N+](=O)[O-])nn2-c2ccc(S(N)(=O)=O)cc2F)c1. The summed E-state index contributed by atoms with van der Waals surface area (Å²) in [5.74, 6) is -0.962. The number of aromatic nitrogens is 3. The molecule has 2 N–H and O–H groups in total. The van der Waals surface area contributed by atoms with Crippen molar-refractivity contribution in [2.75, 3.05) is 46.2 Å². The van der Waals surface area contributed by atoms with E-state index in [-0.39, 0.29) is 82.1 Å². The number of carbonyl (C=O) groups is 1. The van der Waals surface area contributed by atoms with Gasteiger partial charge in [-0.1, -0.05) is 23.8 Å². The fourth-order valence-corrected chi connectivity index (χ4v) is 4.37. The molecule has 0 fully saturated rings. The van der Waals surface area contributed by atoms with Gasteiger partial charge in [0, 0.05) is 6.42 Å². The van der Waals surface area contributed by atoms with Crippen LogP contribution in [0.2, 0.25) is 0 Å². The largest absolute Gasteiger partial charge is 0.457 e. The van der Waals surface area contributed by atoms with E-state index in [0.29, 0.717) is 5.82 Å². The van der Waals surface area contributed by atoms with Gasteiger partial charge in [0.15, 0.2) is 12.4 Å². The smallest absolute Gasteiger partial charge is 0.308 e. The number of nitrogens with two attached hydrogens (primary N) is 1. The van der Waals surface area contributed by atoms with Gasteiger partial charge in [-0.2, -0.15) is 0 Å². The molecule has 0 unspecified atom stereocenters. The van der Waals surface area contributed by atoms with Crippen LogP contribution in [-0.4, -0.2) is 80.5 Å². The van der Waals surface area contributed by atoms with Crippen LogP contribution in [0.3, 0.4) is 0 Å². The highest BCUT2D eigenvalue weighted by atomic mass is 32.2. The summed E-state index contributed by atoms with van der Waals surface area (Å²) in [7, 11) is -4.11. The molecule has 0 spiro atoms. The van der Waals surface area contributed by atoms with Crippen LogP contribution in [0.15, 0.2) is 41.3 Å². The maximum absolute atomic E-state index is 15.1. The fraction of sp³-hybridized carbons (Fsp3) is 0.444. The van der Waals surface area contributed by atoms with Gasteiger partial charge in [-0.25, -0.2) is 27.6 Å². The first-order valence-electron chi connectivity index (χ1n) is 13.4. The lowest BCUT2D eigenvalue weighted by molar-refractivity contribution is -0.758. The average Bonchev–Trinajstić information content (AvgIpc) is 3.35. The summed E-state index contributed by atoms with van der Waals surface area (Å²) < 4.78 is 60.6. The Bertz CT molecular complexity index is 1530. The molecule has 0 saturated carbocycles. The fourth-order valence-electron chi connectivity index (χ4n) is 3.84. The Hall–Kier alpha value is -4.03. The molecule has 0 aliphatic heterocycles. The maximum Gasteiger partial charge on any atom is 0.308 e. The Kier molecular flexibility index (Phi) is 13.1. The zero-order valence-corrected chi connectivity index (χ0v) is 25.1. The van der Waals surface area contributed by atoms with Gasteiger partial charge in [0.1, 0.15) is 23.9 Å². The first-order valence-corrected chi connectivity index (χ1v) is 15.0. The van der Waals surface area contributed by atoms with E-state index in [4.69, 9.17) is 24.1 Å². The first-order chi connectivity index (χ1) is 20.9. The minimum absolute atomic E-state index is 0.0424. The molecule has 0 bridgehead atoms. The summed E-state index contributed by atoms with van der Waals surface area (Å²) in [6, 6.07) is 9.13. The first kappa shape index (κ1) is 34.5. The van der Waals surface area contributed by atoms with Crippen molar-refractivity contribution >= 4 is 16.0 Å². The number of benzene rings is 2. The van der Waals surface area contributed by atoms with Crippen LogP contribution in [0.1, 0.15) is 34.8 Å². The van der Waals surface area contributed by atoms with Crippen LogP contribution in [0.4, 0.5) is 4.39 Å². The number of sulfonamides is 1. The lowest BCUT2D eigenvalue weighted by Gasteiger charge is -2.10. The zero-order chi connectivity index (χ0) is 32.1. The van der Waals surface area contributed by atoms with E-state index in [1.165, 1.54) is 16.8 Å². The minimum Gasteiger partial charge on any atom is -0.457 e. The van der Waals surface area contributed by atoms with E-state index < -0.39 is 26.9 Å². The van der Waals surface area contributed by atoms with E-state index in [2.05, 4.69) is 14.9 Å². The molecule has 0 radical (unpaired) electrons.